The number of benzene rings is 4. The molecule has 1 aliphatic heterocycles. The van der Waals surface area contributed by atoms with Gasteiger partial charge < -0.3 is 0 Å². The maximum absolute atomic E-state index is 11.0. The molecule has 1 heterocycles. The number of nitro groups is 1. The number of nitrogens with zero attached hydrogens (tertiary/aromatic N) is 3. The number of fused-ring (bicyclic) bond motifs is 3. The number of hydrogen-bond acceptors (Lipinski definition) is 5. The predicted molar refractivity (Wildman–Crippen MR) is 118 cm³/mol. The van der Waals surface area contributed by atoms with Crippen molar-refractivity contribution in [2.24, 2.45) is 10.1 Å². The lowest BCUT2D eigenvalue weighted by Gasteiger charge is -2.10. The average molecular weight is 392 g/mol. The summed E-state index contributed by atoms with van der Waals surface area (Å²) in [6.45, 7) is 0. The minimum absolute atomic E-state index is 0.0425. The SMILES string of the molecule is O=[N+]([O-])c1ccc(C2=NNC(c3ccccc3)=Nc3c2ccc2ccccc32)cc1. The van der Waals surface area contributed by atoms with Crippen LogP contribution in [-0.4, -0.2) is 16.5 Å². The number of hydrazone groups is 1. The number of amidine groups is 1. The highest BCUT2D eigenvalue weighted by atomic mass is 16.6. The van der Waals surface area contributed by atoms with Gasteiger partial charge in [0.05, 0.1) is 10.6 Å². The first-order valence-corrected chi connectivity index (χ1v) is 9.45. The summed E-state index contributed by atoms with van der Waals surface area (Å²) in [6, 6.07) is 28.3. The molecule has 4 aromatic rings. The van der Waals surface area contributed by atoms with E-state index in [2.05, 4.69) is 10.5 Å². The molecule has 0 spiro atoms. The van der Waals surface area contributed by atoms with E-state index in [-0.39, 0.29) is 5.69 Å². The molecule has 144 valence electrons. The number of hydrogen-bond donors (Lipinski definition) is 1. The molecule has 0 atom stereocenters. The standard InChI is InChI=1S/C24H16N4O2/c29-28(30)19-13-10-17(11-14-19)22-21-15-12-16-6-4-5-9-20(16)23(21)25-24(27-26-22)18-7-2-1-3-8-18/h1-15H,(H,25,27). The maximum Gasteiger partial charge on any atom is 0.269 e. The highest BCUT2D eigenvalue weighted by Gasteiger charge is 2.20. The third-order valence-corrected chi connectivity index (χ3v) is 5.05. The average Bonchev–Trinajstić information content (AvgIpc) is 3.00. The monoisotopic (exact) mass is 392 g/mol. The van der Waals surface area contributed by atoms with Crippen molar-refractivity contribution >= 4 is 33.7 Å². The van der Waals surface area contributed by atoms with Crippen LogP contribution in [0.15, 0.2) is 101 Å². The fourth-order valence-corrected chi connectivity index (χ4v) is 3.56. The number of nitro benzene ring substituents is 1. The number of non-ortho nitro benzene ring substituents is 1. The van der Waals surface area contributed by atoms with E-state index in [1.54, 1.807) is 12.1 Å². The summed E-state index contributed by atoms with van der Waals surface area (Å²) in [6.07, 6.45) is 0. The molecule has 0 aromatic heterocycles. The van der Waals surface area contributed by atoms with Crippen LogP contribution in [0.25, 0.3) is 10.8 Å². The Balaban J connectivity index is 1.73. The van der Waals surface area contributed by atoms with Crippen LogP contribution in [0.1, 0.15) is 16.7 Å². The number of rotatable bonds is 3. The second kappa shape index (κ2) is 7.25. The van der Waals surface area contributed by atoms with E-state index in [1.165, 1.54) is 12.1 Å². The van der Waals surface area contributed by atoms with E-state index < -0.39 is 4.92 Å². The highest BCUT2D eigenvalue weighted by Crippen LogP contribution is 2.34. The van der Waals surface area contributed by atoms with Crippen LogP contribution in [0, 0.1) is 10.1 Å². The molecule has 6 nitrogen and oxygen atoms in total. The first-order valence-electron chi connectivity index (χ1n) is 9.45. The van der Waals surface area contributed by atoms with Crippen LogP contribution in [-0.2, 0) is 0 Å². The predicted octanol–water partition coefficient (Wildman–Crippen LogP) is 5.18. The van der Waals surface area contributed by atoms with E-state index in [0.29, 0.717) is 11.5 Å². The third kappa shape index (κ3) is 3.10. The molecule has 4 aromatic carbocycles. The van der Waals surface area contributed by atoms with Crippen molar-refractivity contribution in [3.63, 3.8) is 0 Å². The van der Waals surface area contributed by atoms with Gasteiger partial charge in [-0.05, 0) is 23.6 Å². The maximum atomic E-state index is 11.0. The molecule has 6 heteroatoms. The summed E-state index contributed by atoms with van der Waals surface area (Å²) in [5, 5.41) is 17.8. The molecule has 0 aliphatic carbocycles. The Kier molecular flexibility index (Phi) is 4.29. The van der Waals surface area contributed by atoms with Gasteiger partial charge >= 0.3 is 0 Å². The van der Waals surface area contributed by atoms with E-state index in [4.69, 9.17) is 4.99 Å². The van der Waals surface area contributed by atoms with Crippen LogP contribution in [0.5, 0.6) is 0 Å². The zero-order chi connectivity index (χ0) is 20.5. The second-order valence-electron chi connectivity index (χ2n) is 6.89. The summed E-state index contributed by atoms with van der Waals surface area (Å²) >= 11 is 0. The third-order valence-electron chi connectivity index (χ3n) is 5.05. The molecule has 0 fully saturated rings. The van der Waals surface area contributed by atoms with E-state index in [9.17, 15) is 10.1 Å². The summed E-state index contributed by atoms with van der Waals surface area (Å²) in [7, 11) is 0. The van der Waals surface area contributed by atoms with Gasteiger partial charge in [0.1, 0.15) is 5.71 Å². The lowest BCUT2D eigenvalue weighted by molar-refractivity contribution is -0.384. The van der Waals surface area contributed by atoms with Crippen molar-refractivity contribution in [3.8, 4) is 0 Å². The molecule has 0 saturated carbocycles. The summed E-state index contributed by atoms with van der Waals surface area (Å²) in [5.74, 6) is 0.644. The Hall–Kier alpha value is -4.32. The van der Waals surface area contributed by atoms with Gasteiger partial charge in [0.2, 0.25) is 0 Å². The molecule has 30 heavy (non-hydrogen) atoms. The molecular formula is C24H16N4O2. The fraction of sp³-hybridized carbons (Fsp3) is 0. The zero-order valence-corrected chi connectivity index (χ0v) is 15.8. The Morgan fingerprint density at radius 2 is 1.50 bits per heavy atom. The van der Waals surface area contributed by atoms with Gasteiger partial charge in [-0.2, -0.15) is 5.10 Å². The molecule has 0 saturated heterocycles. The van der Waals surface area contributed by atoms with Crippen LogP contribution in [0.2, 0.25) is 0 Å². The molecule has 0 bridgehead atoms. The molecular weight excluding hydrogens is 376 g/mol. The summed E-state index contributed by atoms with van der Waals surface area (Å²) in [5.41, 5.74) is 7.19. The first kappa shape index (κ1) is 17.8. The van der Waals surface area contributed by atoms with Gasteiger partial charge in [-0.15, -0.1) is 0 Å². The lowest BCUT2D eigenvalue weighted by Crippen LogP contribution is -2.19. The number of aliphatic imine (C=N–C) groups is 1. The zero-order valence-electron chi connectivity index (χ0n) is 15.8. The second-order valence-corrected chi connectivity index (χ2v) is 6.89. The van der Waals surface area contributed by atoms with Gasteiger partial charge in [-0.3, -0.25) is 15.5 Å². The van der Waals surface area contributed by atoms with Gasteiger partial charge in [0.25, 0.3) is 5.69 Å². The minimum Gasteiger partial charge on any atom is -0.260 e. The summed E-state index contributed by atoms with van der Waals surface area (Å²) < 4.78 is 0. The molecule has 1 N–H and O–H groups in total. The van der Waals surface area contributed by atoms with Crippen molar-refractivity contribution in [1.29, 1.82) is 0 Å². The Bertz CT molecular complexity index is 1330. The quantitative estimate of drug-likeness (QED) is 0.385. The van der Waals surface area contributed by atoms with Crippen LogP contribution in [0.4, 0.5) is 11.4 Å². The largest absolute Gasteiger partial charge is 0.269 e. The van der Waals surface area contributed by atoms with Crippen molar-refractivity contribution in [2.45, 2.75) is 0 Å². The van der Waals surface area contributed by atoms with Crippen molar-refractivity contribution < 1.29 is 4.92 Å². The molecule has 5 rings (SSSR count). The molecule has 0 amide bonds. The van der Waals surface area contributed by atoms with Crippen molar-refractivity contribution in [3.05, 3.63) is 118 Å². The van der Waals surface area contributed by atoms with Crippen molar-refractivity contribution in [1.82, 2.24) is 5.43 Å². The van der Waals surface area contributed by atoms with E-state index in [1.807, 2.05) is 66.7 Å². The molecule has 0 unspecified atom stereocenters. The molecule has 1 aliphatic rings. The topological polar surface area (TPSA) is 79.9 Å². The Labute approximate surface area is 172 Å². The van der Waals surface area contributed by atoms with Gasteiger partial charge in [0.15, 0.2) is 5.84 Å². The van der Waals surface area contributed by atoms with Gasteiger partial charge in [-0.25, -0.2) is 4.99 Å². The Morgan fingerprint density at radius 3 is 2.27 bits per heavy atom. The Morgan fingerprint density at radius 1 is 0.767 bits per heavy atom. The highest BCUT2D eigenvalue weighted by molar-refractivity contribution is 6.21. The summed E-state index contributed by atoms with van der Waals surface area (Å²) in [4.78, 5) is 15.6. The minimum atomic E-state index is -0.408. The van der Waals surface area contributed by atoms with Crippen LogP contribution >= 0.6 is 0 Å². The smallest absolute Gasteiger partial charge is 0.260 e. The number of nitrogens with one attached hydrogen (secondary N) is 1. The van der Waals surface area contributed by atoms with E-state index in [0.717, 1.165) is 33.2 Å². The molecule has 0 radical (unpaired) electrons. The van der Waals surface area contributed by atoms with Gasteiger partial charge in [-0.1, -0.05) is 60.7 Å². The lowest BCUT2D eigenvalue weighted by atomic mass is 9.96. The normalized spacial score (nSPS) is 12.9. The van der Waals surface area contributed by atoms with Crippen LogP contribution in [0.3, 0.4) is 0 Å². The van der Waals surface area contributed by atoms with E-state index >= 15 is 0 Å². The van der Waals surface area contributed by atoms with Crippen LogP contribution < -0.4 is 5.43 Å². The first-order chi connectivity index (χ1) is 14.7. The fourth-order valence-electron chi connectivity index (χ4n) is 3.56. The van der Waals surface area contributed by atoms with Crippen molar-refractivity contribution in [2.75, 3.05) is 0 Å². The van der Waals surface area contributed by atoms with Gasteiger partial charge in [0, 0.05) is 34.2 Å².